The highest BCUT2D eigenvalue weighted by atomic mass is 16.3. The molecule has 4 atom stereocenters. The van der Waals surface area contributed by atoms with Gasteiger partial charge in [0, 0.05) is 55.6 Å². The van der Waals surface area contributed by atoms with Gasteiger partial charge in [0.25, 0.3) is 0 Å². The molecule has 2 aromatic rings. The van der Waals surface area contributed by atoms with Crippen molar-refractivity contribution in [3.63, 3.8) is 0 Å². The number of phenolic OH excluding ortho intramolecular Hbond substituents is 1. The van der Waals surface area contributed by atoms with Crippen molar-refractivity contribution in [2.24, 2.45) is 17.6 Å². The van der Waals surface area contributed by atoms with Crippen molar-refractivity contribution < 1.29 is 34.8 Å². The lowest BCUT2D eigenvalue weighted by atomic mass is 9.61. The van der Waals surface area contributed by atoms with Crippen LogP contribution in [0.25, 0.3) is 0 Å². The van der Waals surface area contributed by atoms with E-state index in [4.69, 9.17) is 5.73 Å². The first-order chi connectivity index (χ1) is 19.3. The maximum atomic E-state index is 14.1. The third kappa shape index (κ3) is 5.25. The number of allylic oxidation sites excluding steroid dienone is 1. The second kappa shape index (κ2) is 11.5. The fraction of sp³-hybridized carbons (Fsp3) is 0.448. The number of likely N-dealkylation sites (N-methyl/N-ethyl adjacent to an activating group) is 1. The van der Waals surface area contributed by atoms with E-state index in [1.807, 2.05) is 19.0 Å². The van der Waals surface area contributed by atoms with Gasteiger partial charge >= 0.3 is 0 Å². The molecule has 0 saturated carbocycles. The van der Waals surface area contributed by atoms with Crippen molar-refractivity contribution in [1.29, 1.82) is 0 Å². The Kier molecular flexibility index (Phi) is 8.39. The molecule has 1 aromatic carbocycles. The number of nitrogens with one attached hydrogen (secondary N) is 1. The number of benzene rings is 1. The number of hydrogen-bond donors (Lipinski definition) is 6. The fourth-order valence-corrected chi connectivity index (χ4v) is 6.14. The molecule has 1 amide bonds. The summed E-state index contributed by atoms with van der Waals surface area (Å²) in [5.74, 6) is -5.07. The Labute approximate surface area is 238 Å². The number of rotatable bonds is 10. The van der Waals surface area contributed by atoms with Crippen molar-refractivity contribution in [3.05, 3.63) is 58.5 Å². The van der Waals surface area contributed by atoms with Gasteiger partial charge in [-0.3, -0.25) is 14.4 Å². The third-order valence-electron chi connectivity index (χ3n) is 8.17. The molecule has 0 saturated heterocycles. The van der Waals surface area contributed by atoms with Crippen molar-refractivity contribution in [2.75, 3.05) is 45.0 Å². The average Bonchev–Trinajstić information content (AvgIpc) is 2.91. The summed E-state index contributed by atoms with van der Waals surface area (Å²) in [5, 5.41) is 48.0. The maximum absolute atomic E-state index is 14.1. The normalized spacial score (nSPS) is 22.7. The topological polar surface area (TPSA) is 190 Å². The van der Waals surface area contributed by atoms with Crippen LogP contribution in [0.15, 0.2) is 41.8 Å². The Morgan fingerprint density at radius 2 is 1.93 bits per heavy atom. The summed E-state index contributed by atoms with van der Waals surface area (Å²) in [5.41, 5.74) is 4.05. The number of aromatic hydroxyl groups is 1. The number of carbonyl (C=O) groups is 3. The van der Waals surface area contributed by atoms with Gasteiger partial charge in [0.1, 0.15) is 17.3 Å². The SMILES string of the molecule is CN(C)c1cc(CNc2ccccn2)c(O)c2c1C[C@H]1C[C@@H]([C@H](CO)N(C)C)[C@@](O)(C(=O)CC(N)=O)C(O)=C1C2=O. The number of fused-ring (bicyclic) bond motifs is 2. The van der Waals surface area contributed by atoms with Crippen molar-refractivity contribution >= 4 is 29.0 Å². The van der Waals surface area contributed by atoms with Gasteiger partial charge in [-0.15, -0.1) is 0 Å². The number of anilines is 2. The second-order valence-electron chi connectivity index (χ2n) is 11.1. The highest BCUT2D eigenvalue weighted by Gasteiger charge is 2.58. The molecule has 12 nitrogen and oxygen atoms in total. The quantitative estimate of drug-likeness (QED) is 0.222. The van der Waals surface area contributed by atoms with E-state index in [9.17, 15) is 34.8 Å². The van der Waals surface area contributed by atoms with Gasteiger partial charge in [-0.25, -0.2) is 4.98 Å². The molecule has 220 valence electrons. The number of carbonyl (C=O) groups excluding carboxylic acids is 3. The van der Waals surface area contributed by atoms with Crippen LogP contribution < -0.4 is 16.0 Å². The van der Waals surface area contributed by atoms with E-state index in [2.05, 4.69) is 10.3 Å². The van der Waals surface area contributed by atoms with Crippen LogP contribution in [0.3, 0.4) is 0 Å². The van der Waals surface area contributed by atoms with Crippen LogP contribution in [-0.4, -0.2) is 94.2 Å². The molecule has 1 heterocycles. The summed E-state index contributed by atoms with van der Waals surface area (Å²) in [6.45, 7) is -0.317. The standard InChI is InChI=1S/C29H37N5O7/c1-33(2)19-11-16(13-32-23-7-5-6-8-31-23)26(38)25-17(19)9-15-10-18(20(14-35)34(3)4)29(41,21(36)12-22(30)37)28(40)24(15)27(25)39/h5-8,11,15,18,20,35,38,40-41H,9-10,12-14H2,1-4H3,(H2,30,37)(H,31,32)/t15-,18-,20-,29+/m0/s1. The molecule has 2 aliphatic carbocycles. The Hall–Kier alpha value is -4.00. The van der Waals surface area contributed by atoms with Gasteiger partial charge in [0.05, 0.1) is 18.6 Å². The molecule has 2 aliphatic rings. The van der Waals surface area contributed by atoms with Crippen LogP contribution in [0, 0.1) is 11.8 Å². The zero-order valence-corrected chi connectivity index (χ0v) is 23.6. The van der Waals surface area contributed by atoms with Crippen LogP contribution in [0.1, 0.15) is 34.3 Å². The highest BCUT2D eigenvalue weighted by Crippen LogP contribution is 2.51. The number of nitrogens with zero attached hydrogens (tertiary/aromatic N) is 3. The van der Waals surface area contributed by atoms with Crippen LogP contribution in [0.5, 0.6) is 5.75 Å². The number of aliphatic hydroxyl groups excluding tert-OH is 2. The molecular formula is C29H37N5O7. The van der Waals surface area contributed by atoms with Gasteiger partial charge in [0.15, 0.2) is 17.2 Å². The molecular weight excluding hydrogens is 530 g/mol. The summed E-state index contributed by atoms with van der Waals surface area (Å²) in [6, 6.07) is 6.33. The number of hydrogen-bond acceptors (Lipinski definition) is 11. The Balaban J connectivity index is 1.88. The number of aromatic nitrogens is 1. The Morgan fingerprint density at radius 1 is 1.22 bits per heavy atom. The first-order valence-electron chi connectivity index (χ1n) is 13.3. The lowest BCUT2D eigenvalue weighted by Crippen LogP contribution is -2.60. The monoisotopic (exact) mass is 567 g/mol. The van der Waals surface area contributed by atoms with Crippen LogP contribution in [-0.2, 0) is 22.6 Å². The molecule has 12 heteroatoms. The molecule has 0 fully saturated rings. The van der Waals surface area contributed by atoms with E-state index in [1.165, 1.54) is 0 Å². The number of Topliss-reactive ketones (excluding diaryl/α,β-unsaturated/α-hetero) is 2. The fourth-order valence-electron chi connectivity index (χ4n) is 6.14. The van der Waals surface area contributed by atoms with Crippen molar-refractivity contribution in [2.45, 2.75) is 37.5 Å². The van der Waals surface area contributed by atoms with Crippen LogP contribution >= 0.6 is 0 Å². The van der Waals surface area contributed by atoms with Gasteiger partial charge in [-0.2, -0.15) is 0 Å². The molecule has 0 unspecified atom stereocenters. The number of pyridine rings is 1. The molecule has 7 N–H and O–H groups in total. The molecule has 0 radical (unpaired) electrons. The molecule has 41 heavy (non-hydrogen) atoms. The van der Waals surface area contributed by atoms with Crippen LogP contribution in [0.2, 0.25) is 0 Å². The number of nitrogens with two attached hydrogens (primary N) is 1. The number of phenols is 1. The Bertz CT molecular complexity index is 1390. The number of primary amides is 1. The van der Waals surface area contributed by atoms with E-state index in [0.29, 0.717) is 22.6 Å². The lowest BCUT2D eigenvalue weighted by molar-refractivity contribution is -0.151. The number of ketones is 2. The predicted octanol–water partition coefficient (Wildman–Crippen LogP) is 0.750. The van der Waals surface area contributed by atoms with E-state index >= 15 is 0 Å². The molecule has 4 rings (SSSR count). The van der Waals surface area contributed by atoms with Gasteiger partial charge in [-0.1, -0.05) is 6.07 Å². The summed E-state index contributed by atoms with van der Waals surface area (Å²) in [6.07, 6.45) is 1.02. The lowest BCUT2D eigenvalue weighted by Gasteiger charge is -2.47. The zero-order chi connectivity index (χ0) is 30.2. The minimum Gasteiger partial charge on any atom is -0.508 e. The van der Waals surface area contributed by atoms with Gasteiger partial charge < -0.3 is 41.3 Å². The molecule has 0 spiro atoms. The largest absolute Gasteiger partial charge is 0.508 e. The molecule has 0 bridgehead atoms. The number of aliphatic hydroxyl groups is 3. The minimum absolute atomic E-state index is 0.0266. The smallest absolute Gasteiger partial charge is 0.225 e. The predicted molar refractivity (Wildman–Crippen MR) is 152 cm³/mol. The third-order valence-corrected chi connectivity index (χ3v) is 8.17. The average molecular weight is 568 g/mol. The first kappa shape index (κ1) is 30.0. The summed E-state index contributed by atoms with van der Waals surface area (Å²) in [4.78, 5) is 46.7. The number of amides is 1. The summed E-state index contributed by atoms with van der Waals surface area (Å²) < 4.78 is 0. The zero-order valence-electron chi connectivity index (χ0n) is 23.6. The highest BCUT2D eigenvalue weighted by molar-refractivity contribution is 6.15. The second-order valence-corrected chi connectivity index (χ2v) is 11.1. The van der Waals surface area contributed by atoms with E-state index in [0.717, 1.165) is 0 Å². The summed E-state index contributed by atoms with van der Waals surface area (Å²) in [7, 11) is 6.93. The van der Waals surface area contributed by atoms with E-state index < -0.39 is 59.7 Å². The van der Waals surface area contributed by atoms with E-state index in [1.54, 1.807) is 49.5 Å². The van der Waals surface area contributed by atoms with E-state index in [-0.39, 0.29) is 36.3 Å². The maximum Gasteiger partial charge on any atom is 0.225 e. The Morgan fingerprint density at radius 3 is 2.49 bits per heavy atom. The van der Waals surface area contributed by atoms with Crippen molar-refractivity contribution in [1.82, 2.24) is 9.88 Å². The first-order valence-corrected chi connectivity index (χ1v) is 13.3. The van der Waals surface area contributed by atoms with Gasteiger partial charge in [-0.05, 0) is 56.6 Å². The molecule has 0 aliphatic heterocycles. The van der Waals surface area contributed by atoms with Crippen LogP contribution in [0.4, 0.5) is 11.5 Å². The van der Waals surface area contributed by atoms with Crippen molar-refractivity contribution in [3.8, 4) is 5.75 Å². The molecule has 1 aromatic heterocycles. The minimum atomic E-state index is -2.65. The van der Waals surface area contributed by atoms with Gasteiger partial charge in [0.2, 0.25) is 5.91 Å². The summed E-state index contributed by atoms with van der Waals surface area (Å²) >= 11 is 0.